The van der Waals surface area contributed by atoms with Gasteiger partial charge in [0.25, 0.3) is 10.0 Å². The van der Waals surface area contributed by atoms with E-state index in [1.165, 1.54) is 42.2 Å². The van der Waals surface area contributed by atoms with Crippen LogP contribution in [0.4, 0.5) is 11.6 Å². The molecular weight excluding hydrogens is 416 g/mol. The highest BCUT2D eigenvalue weighted by molar-refractivity contribution is 7.92. The Bertz CT molecular complexity index is 1320. The third-order valence-corrected chi connectivity index (χ3v) is 6.06. The molecule has 0 unspecified atom stereocenters. The predicted molar refractivity (Wildman–Crippen MR) is 117 cm³/mol. The second kappa shape index (κ2) is 8.57. The van der Waals surface area contributed by atoms with E-state index in [0.29, 0.717) is 5.69 Å². The quantitative estimate of drug-likeness (QED) is 0.456. The maximum absolute atomic E-state index is 12.5. The molecule has 0 bridgehead atoms. The number of nitrogens with one attached hydrogen (secondary N) is 2. The number of carbonyl (C=O) groups excluding carboxylic acids is 1. The monoisotopic (exact) mass is 436 g/mol. The van der Waals surface area contributed by atoms with Gasteiger partial charge in [-0.3, -0.25) is 4.79 Å². The molecule has 158 valence electrons. The molecule has 9 heteroatoms. The third kappa shape index (κ3) is 4.72. The molecule has 2 N–H and O–H groups in total. The van der Waals surface area contributed by atoms with Crippen LogP contribution in [0.15, 0.2) is 76.5 Å². The number of fused-ring (bicyclic) bond motifs is 1. The maximum Gasteiger partial charge on any atom is 0.264 e. The first kappa shape index (κ1) is 20.5. The first-order valence-corrected chi connectivity index (χ1v) is 11.1. The summed E-state index contributed by atoms with van der Waals surface area (Å²) in [6.07, 6.45) is 5.52. The summed E-state index contributed by atoms with van der Waals surface area (Å²) in [4.78, 5) is 20.2. The molecule has 0 fully saturated rings. The Morgan fingerprint density at radius 3 is 2.52 bits per heavy atom. The second-order valence-electron chi connectivity index (χ2n) is 6.87. The van der Waals surface area contributed by atoms with Crippen molar-refractivity contribution in [1.29, 1.82) is 0 Å². The Balaban J connectivity index is 1.44. The maximum atomic E-state index is 12.5. The van der Waals surface area contributed by atoms with E-state index in [-0.39, 0.29) is 23.2 Å². The van der Waals surface area contributed by atoms with E-state index in [1.54, 1.807) is 12.3 Å². The number of hydrogen-bond acceptors (Lipinski definition) is 6. The summed E-state index contributed by atoms with van der Waals surface area (Å²) < 4.78 is 32.7. The molecule has 4 rings (SSSR count). The standard InChI is InChI=1S/C22H20N4O4S/c1-2-15-4-9-20-19(12-15)16(14-30-20)13-21(27)25-17-5-7-18(8-6-17)31(28,29)26-22-23-10-3-11-24-22/h3-12,14H,2,13H2,1H3,(H,25,27)(H,23,24,26). The van der Waals surface area contributed by atoms with Crippen LogP contribution < -0.4 is 10.0 Å². The lowest BCUT2D eigenvalue weighted by Gasteiger charge is -2.08. The fourth-order valence-electron chi connectivity index (χ4n) is 3.11. The van der Waals surface area contributed by atoms with Gasteiger partial charge in [0.15, 0.2) is 0 Å². The molecule has 2 aromatic heterocycles. The molecular formula is C22H20N4O4S. The first-order valence-electron chi connectivity index (χ1n) is 9.63. The van der Waals surface area contributed by atoms with Gasteiger partial charge in [0.05, 0.1) is 17.6 Å². The van der Waals surface area contributed by atoms with Crippen LogP contribution in [0.5, 0.6) is 0 Å². The van der Waals surface area contributed by atoms with E-state index in [9.17, 15) is 13.2 Å². The number of aromatic nitrogens is 2. The zero-order chi connectivity index (χ0) is 21.8. The lowest BCUT2D eigenvalue weighted by molar-refractivity contribution is -0.115. The van der Waals surface area contributed by atoms with Gasteiger partial charge in [0.2, 0.25) is 11.9 Å². The van der Waals surface area contributed by atoms with Crippen LogP contribution in [-0.4, -0.2) is 24.3 Å². The highest BCUT2D eigenvalue weighted by Crippen LogP contribution is 2.24. The first-order chi connectivity index (χ1) is 14.9. The van der Waals surface area contributed by atoms with Crippen LogP contribution in [0.1, 0.15) is 18.1 Å². The number of benzene rings is 2. The van der Waals surface area contributed by atoms with E-state index < -0.39 is 10.0 Å². The van der Waals surface area contributed by atoms with Gasteiger partial charge in [-0.1, -0.05) is 13.0 Å². The summed E-state index contributed by atoms with van der Waals surface area (Å²) in [6.45, 7) is 2.07. The van der Waals surface area contributed by atoms with Crippen LogP contribution in [0, 0.1) is 0 Å². The van der Waals surface area contributed by atoms with Crippen molar-refractivity contribution in [2.24, 2.45) is 0 Å². The van der Waals surface area contributed by atoms with Crippen molar-refractivity contribution in [3.8, 4) is 0 Å². The molecule has 4 aromatic rings. The van der Waals surface area contributed by atoms with Crippen LogP contribution in [0.3, 0.4) is 0 Å². The molecule has 8 nitrogen and oxygen atoms in total. The Kier molecular flexibility index (Phi) is 5.68. The Morgan fingerprint density at radius 1 is 1.06 bits per heavy atom. The lowest BCUT2D eigenvalue weighted by atomic mass is 10.1. The summed E-state index contributed by atoms with van der Waals surface area (Å²) in [5.74, 6) is -0.241. The Hall–Kier alpha value is -3.72. The number of nitrogens with zero attached hydrogens (tertiary/aromatic N) is 2. The summed E-state index contributed by atoms with van der Waals surface area (Å²) in [6, 6.07) is 13.4. The van der Waals surface area contributed by atoms with Crippen molar-refractivity contribution in [3.05, 3.63) is 78.3 Å². The van der Waals surface area contributed by atoms with Gasteiger partial charge in [0.1, 0.15) is 5.58 Å². The molecule has 2 heterocycles. The van der Waals surface area contributed by atoms with Gasteiger partial charge >= 0.3 is 0 Å². The summed E-state index contributed by atoms with van der Waals surface area (Å²) in [7, 11) is -3.83. The topological polar surface area (TPSA) is 114 Å². The average Bonchev–Trinajstić information content (AvgIpc) is 3.16. The van der Waals surface area contributed by atoms with Crippen molar-refractivity contribution in [1.82, 2.24) is 9.97 Å². The Morgan fingerprint density at radius 2 is 1.81 bits per heavy atom. The third-order valence-electron chi connectivity index (χ3n) is 4.72. The van der Waals surface area contributed by atoms with Gasteiger partial charge in [-0.05, 0) is 54.4 Å². The smallest absolute Gasteiger partial charge is 0.264 e. The zero-order valence-electron chi connectivity index (χ0n) is 16.7. The number of amides is 1. The molecule has 0 radical (unpaired) electrons. The van der Waals surface area contributed by atoms with E-state index in [2.05, 4.69) is 26.9 Å². The molecule has 31 heavy (non-hydrogen) atoms. The number of aryl methyl sites for hydroxylation is 1. The minimum absolute atomic E-state index is 0.0153. The number of hydrogen-bond donors (Lipinski definition) is 2. The van der Waals surface area contributed by atoms with Crippen LogP contribution in [-0.2, 0) is 27.7 Å². The number of carbonyl (C=O) groups is 1. The van der Waals surface area contributed by atoms with Crippen LogP contribution >= 0.6 is 0 Å². The van der Waals surface area contributed by atoms with Crippen molar-refractivity contribution >= 4 is 38.5 Å². The highest BCUT2D eigenvalue weighted by atomic mass is 32.2. The lowest BCUT2D eigenvalue weighted by Crippen LogP contribution is -2.16. The van der Waals surface area contributed by atoms with Gasteiger partial charge < -0.3 is 9.73 Å². The van der Waals surface area contributed by atoms with Gasteiger partial charge in [-0.15, -0.1) is 0 Å². The number of furan rings is 1. The molecule has 1 amide bonds. The molecule has 0 saturated carbocycles. The SMILES string of the molecule is CCc1ccc2occ(CC(=O)Nc3ccc(S(=O)(=O)Nc4ncccn4)cc3)c2c1. The number of rotatable bonds is 7. The molecule has 2 aromatic carbocycles. The van der Waals surface area contributed by atoms with Gasteiger partial charge in [-0.25, -0.2) is 23.1 Å². The van der Waals surface area contributed by atoms with Crippen molar-refractivity contribution in [2.75, 3.05) is 10.0 Å². The van der Waals surface area contributed by atoms with Gasteiger partial charge in [-0.2, -0.15) is 0 Å². The minimum Gasteiger partial charge on any atom is -0.464 e. The zero-order valence-corrected chi connectivity index (χ0v) is 17.5. The summed E-state index contributed by atoms with van der Waals surface area (Å²) in [5.41, 5.74) is 3.20. The van der Waals surface area contributed by atoms with Crippen LogP contribution in [0.2, 0.25) is 0 Å². The van der Waals surface area contributed by atoms with Gasteiger partial charge in [0, 0.05) is 29.0 Å². The van der Waals surface area contributed by atoms with Crippen molar-refractivity contribution in [3.63, 3.8) is 0 Å². The van der Waals surface area contributed by atoms with E-state index in [1.807, 2.05) is 18.2 Å². The number of anilines is 2. The fraction of sp³-hybridized carbons (Fsp3) is 0.136. The molecule has 0 spiro atoms. The molecule has 0 aliphatic rings. The molecule has 0 saturated heterocycles. The van der Waals surface area contributed by atoms with Crippen molar-refractivity contribution in [2.45, 2.75) is 24.7 Å². The van der Waals surface area contributed by atoms with E-state index in [4.69, 9.17) is 4.42 Å². The average molecular weight is 436 g/mol. The van der Waals surface area contributed by atoms with E-state index in [0.717, 1.165) is 23.0 Å². The largest absolute Gasteiger partial charge is 0.464 e. The predicted octanol–water partition coefficient (Wildman–Crippen LogP) is 3.77. The minimum atomic E-state index is -3.83. The Labute approximate surface area is 179 Å². The second-order valence-corrected chi connectivity index (χ2v) is 8.55. The summed E-state index contributed by atoms with van der Waals surface area (Å²) in [5, 5.41) is 3.70. The number of sulfonamides is 1. The van der Waals surface area contributed by atoms with Crippen molar-refractivity contribution < 1.29 is 17.6 Å². The normalized spacial score (nSPS) is 11.4. The molecule has 0 aliphatic carbocycles. The summed E-state index contributed by atoms with van der Waals surface area (Å²) >= 11 is 0. The van der Waals surface area contributed by atoms with Crippen LogP contribution in [0.25, 0.3) is 11.0 Å². The molecule has 0 aliphatic heterocycles. The molecule has 0 atom stereocenters. The highest BCUT2D eigenvalue weighted by Gasteiger charge is 2.16. The van der Waals surface area contributed by atoms with E-state index >= 15 is 0 Å². The fourth-order valence-corrected chi connectivity index (χ4v) is 4.07.